The maximum absolute atomic E-state index is 11.7. The third-order valence-corrected chi connectivity index (χ3v) is 2.71. The first-order chi connectivity index (χ1) is 8.58. The van der Waals surface area contributed by atoms with E-state index in [2.05, 4.69) is 5.10 Å². The molecule has 0 fully saturated rings. The second-order valence-corrected chi connectivity index (χ2v) is 4.40. The zero-order valence-corrected chi connectivity index (χ0v) is 10.2. The number of carbonyl (C=O) groups excluding carboxylic acids is 1. The Hall–Kier alpha value is -1.72. The highest BCUT2D eigenvalue weighted by Gasteiger charge is 2.30. The molecule has 5 nitrogen and oxygen atoms in total. The Labute approximate surface area is 105 Å². The molecule has 5 heteroatoms. The maximum atomic E-state index is 11.7. The van der Waals surface area contributed by atoms with Crippen molar-refractivity contribution in [1.29, 1.82) is 0 Å². The summed E-state index contributed by atoms with van der Waals surface area (Å²) in [5.74, 6) is -0.462. The molecule has 0 saturated carbocycles. The molecule has 0 spiro atoms. The first kappa shape index (κ1) is 12.7. The lowest BCUT2D eigenvalue weighted by Crippen LogP contribution is -2.44. The Bertz CT molecular complexity index is 457. The number of benzene rings is 1. The summed E-state index contributed by atoms with van der Waals surface area (Å²) in [4.78, 5) is 11.7. The third kappa shape index (κ3) is 2.75. The molecule has 2 atom stereocenters. The summed E-state index contributed by atoms with van der Waals surface area (Å²) in [6.07, 6.45) is -1.56. The van der Waals surface area contributed by atoms with Crippen LogP contribution in [-0.4, -0.2) is 45.6 Å². The molecule has 18 heavy (non-hydrogen) atoms. The minimum atomic E-state index is -1.09. The van der Waals surface area contributed by atoms with Crippen molar-refractivity contribution in [2.24, 2.45) is 5.10 Å². The van der Waals surface area contributed by atoms with Crippen molar-refractivity contribution in [2.45, 2.75) is 25.6 Å². The fourth-order valence-corrected chi connectivity index (χ4v) is 1.87. The second-order valence-electron chi connectivity index (χ2n) is 4.40. The van der Waals surface area contributed by atoms with Crippen molar-refractivity contribution in [2.75, 3.05) is 6.54 Å². The summed E-state index contributed by atoms with van der Waals surface area (Å²) in [5, 5.41) is 24.4. The van der Waals surface area contributed by atoms with E-state index in [0.29, 0.717) is 5.71 Å². The minimum Gasteiger partial charge on any atom is -0.391 e. The SMILES string of the molecule is CC(O)CN1N=C(c2ccccc2)CC(O)C1=O. The molecule has 0 saturated heterocycles. The van der Waals surface area contributed by atoms with Crippen LogP contribution in [-0.2, 0) is 4.79 Å². The van der Waals surface area contributed by atoms with E-state index in [9.17, 15) is 15.0 Å². The van der Waals surface area contributed by atoms with Crippen LogP contribution in [0.15, 0.2) is 35.4 Å². The summed E-state index contributed by atoms with van der Waals surface area (Å²) >= 11 is 0. The van der Waals surface area contributed by atoms with Gasteiger partial charge in [0.2, 0.25) is 0 Å². The molecule has 1 amide bonds. The first-order valence-corrected chi connectivity index (χ1v) is 5.88. The second kappa shape index (κ2) is 5.29. The Morgan fingerprint density at radius 1 is 1.44 bits per heavy atom. The third-order valence-electron chi connectivity index (χ3n) is 2.71. The highest BCUT2D eigenvalue weighted by Crippen LogP contribution is 2.15. The summed E-state index contributed by atoms with van der Waals surface area (Å²) < 4.78 is 0. The largest absolute Gasteiger partial charge is 0.391 e. The number of β-amino-alcohol motifs (C(OH)–C–C–N with tert-alkyl or cyclic N) is 1. The lowest BCUT2D eigenvalue weighted by molar-refractivity contribution is -0.142. The summed E-state index contributed by atoms with van der Waals surface area (Å²) in [6, 6.07) is 9.39. The fraction of sp³-hybridized carbons (Fsp3) is 0.385. The smallest absolute Gasteiger partial charge is 0.271 e. The molecule has 1 aromatic carbocycles. The van der Waals surface area contributed by atoms with Gasteiger partial charge in [0.1, 0.15) is 6.10 Å². The standard InChI is InChI=1S/C13H16N2O3/c1-9(16)8-15-13(18)12(17)7-11(14-15)10-5-3-2-4-6-10/h2-6,9,12,16-17H,7-8H2,1H3. The van der Waals surface area contributed by atoms with E-state index in [1.165, 1.54) is 0 Å². The van der Waals surface area contributed by atoms with Crippen LogP contribution in [0.4, 0.5) is 0 Å². The Morgan fingerprint density at radius 2 is 2.11 bits per heavy atom. The summed E-state index contributed by atoms with van der Waals surface area (Å²) in [5.41, 5.74) is 1.53. The van der Waals surface area contributed by atoms with Gasteiger partial charge in [-0.25, -0.2) is 5.01 Å². The van der Waals surface area contributed by atoms with Crippen molar-refractivity contribution < 1.29 is 15.0 Å². The van der Waals surface area contributed by atoms with Gasteiger partial charge in [0, 0.05) is 6.42 Å². The van der Waals surface area contributed by atoms with Crippen LogP contribution in [0.2, 0.25) is 0 Å². The predicted molar refractivity (Wildman–Crippen MR) is 67.0 cm³/mol. The van der Waals surface area contributed by atoms with Crippen molar-refractivity contribution in [3.8, 4) is 0 Å². The van der Waals surface area contributed by atoms with Gasteiger partial charge in [0.25, 0.3) is 5.91 Å². The van der Waals surface area contributed by atoms with Crippen LogP contribution < -0.4 is 0 Å². The Kier molecular flexibility index (Phi) is 3.74. The average Bonchev–Trinajstić information content (AvgIpc) is 2.35. The van der Waals surface area contributed by atoms with Crippen molar-refractivity contribution in [1.82, 2.24) is 5.01 Å². The molecule has 1 aliphatic rings. The van der Waals surface area contributed by atoms with Crippen LogP contribution in [0, 0.1) is 0 Å². The van der Waals surface area contributed by atoms with E-state index in [1.807, 2.05) is 30.3 Å². The molecule has 0 radical (unpaired) electrons. The van der Waals surface area contributed by atoms with E-state index in [4.69, 9.17) is 0 Å². The molecule has 0 bridgehead atoms. The van der Waals surface area contributed by atoms with Crippen LogP contribution in [0.25, 0.3) is 0 Å². The number of aliphatic hydroxyl groups excluding tert-OH is 2. The molecule has 1 aromatic rings. The number of aliphatic hydroxyl groups is 2. The Balaban J connectivity index is 2.28. The molecule has 1 aliphatic heterocycles. The van der Waals surface area contributed by atoms with Crippen LogP contribution >= 0.6 is 0 Å². The lowest BCUT2D eigenvalue weighted by atomic mass is 10.0. The van der Waals surface area contributed by atoms with Crippen molar-refractivity contribution in [3.05, 3.63) is 35.9 Å². The number of carbonyl (C=O) groups is 1. The number of hydrogen-bond acceptors (Lipinski definition) is 4. The molecular formula is C13H16N2O3. The molecular weight excluding hydrogens is 232 g/mol. The van der Waals surface area contributed by atoms with E-state index in [1.54, 1.807) is 6.92 Å². The average molecular weight is 248 g/mol. The zero-order chi connectivity index (χ0) is 13.1. The zero-order valence-electron chi connectivity index (χ0n) is 10.2. The number of amides is 1. The van der Waals surface area contributed by atoms with Crippen LogP contribution in [0.3, 0.4) is 0 Å². The van der Waals surface area contributed by atoms with Gasteiger partial charge >= 0.3 is 0 Å². The van der Waals surface area contributed by atoms with Gasteiger partial charge < -0.3 is 10.2 Å². The molecule has 2 rings (SSSR count). The summed E-state index contributed by atoms with van der Waals surface area (Å²) in [7, 11) is 0. The molecule has 0 aliphatic carbocycles. The first-order valence-electron chi connectivity index (χ1n) is 5.88. The van der Waals surface area contributed by atoms with Crippen molar-refractivity contribution in [3.63, 3.8) is 0 Å². The Morgan fingerprint density at radius 3 is 2.72 bits per heavy atom. The molecule has 2 unspecified atom stereocenters. The quantitative estimate of drug-likeness (QED) is 0.811. The van der Waals surface area contributed by atoms with Gasteiger partial charge in [0.15, 0.2) is 0 Å². The molecule has 96 valence electrons. The topological polar surface area (TPSA) is 73.1 Å². The molecule has 0 aromatic heterocycles. The lowest BCUT2D eigenvalue weighted by Gasteiger charge is -2.27. The van der Waals surface area contributed by atoms with Gasteiger partial charge in [0.05, 0.1) is 18.4 Å². The van der Waals surface area contributed by atoms with Gasteiger partial charge in [-0.2, -0.15) is 5.10 Å². The van der Waals surface area contributed by atoms with E-state index >= 15 is 0 Å². The molecule has 2 N–H and O–H groups in total. The van der Waals surface area contributed by atoms with Crippen LogP contribution in [0.5, 0.6) is 0 Å². The van der Waals surface area contributed by atoms with E-state index in [0.717, 1.165) is 10.6 Å². The van der Waals surface area contributed by atoms with Gasteiger partial charge in [-0.1, -0.05) is 30.3 Å². The van der Waals surface area contributed by atoms with E-state index < -0.39 is 18.1 Å². The highest BCUT2D eigenvalue weighted by atomic mass is 16.3. The minimum absolute atomic E-state index is 0.0895. The fourth-order valence-electron chi connectivity index (χ4n) is 1.87. The van der Waals surface area contributed by atoms with Gasteiger partial charge in [-0.05, 0) is 12.5 Å². The van der Waals surface area contributed by atoms with Gasteiger partial charge in [-0.3, -0.25) is 4.79 Å². The number of hydrazone groups is 1. The highest BCUT2D eigenvalue weighted by molar-refractivity contribution is 6.05. The van der Waals surface area contributed by atoms with Crippen LogP contribution in [0.1, 0.15) is 18.9 Å². The van der Waals surface area contributed by atoms with Crippen molar-refractivity contribution >= 4 is 11.6 Å². The molecule has 1 heterocycles. The summed E-state index contributed by atoms with van der Waals surface area (Å²) in [6.45, 7) is 1.66. The number of rotatable bonds is 3. The predicted octanol–water partition coefficient (Wildman–Crippen LogP) is 0.365. The maximum Gasteiger partial charge on any atom is 0.271 e. The number of nitrogens with zero attached hydrogens (tertiary/aromatic N) is 2. The number of hydrogen-bond donors (Lipinski definition) is 2. The van der Waals surface area contributed by atoms with E-state index in [-0.39, 0.29) is 13.0 Å². The van der Waals surface area contributed by atoms with Gasteiger partial charge in [-0.15, -0.1) is 0 Å². The normalized spacial score (nSPS) is 21.7. The monoisotopic (exact) mass is 248 g/mol.